The van der Waals surface area contributed by atoms with E-state index in [0.717, 1.165) is 14.9 Å². The molecule has 0 aliphatic rings. The average molecular weight is 463 g/mol. The van der Waals surface area contributed by atoms with Crippen LogP contribution in [0.4, 0.5) is 0 Å². The second kappa shape index (κ2) is 11.3. The number of hydrogen-bond acceptors (Lipinski definition) is 3. The number of nitrogens with one attached hydrogen (secondary N) is 1. The van der Waals surface area contributed by atoms with Gasteiger partial charge in [-0.2, -0.15) is 0 Å². The summed E-state index contributed by atoms with van der Waals surface area (Å²) in [7, 11) is 0. The van der Waals surface area contributed by atoms with Gasteiger partial charge in [0.2, 0.25) is 11.8 Å². The fourth-order valence-corrected chi connectivity index (χ4v) is 4.06. The minimum atomic E-state index is -0.518. The number of thioether (sulfide) groups is 1. The SMILES string of the molecule is CCNC(=O)[C@H](C)N(Cc1cccc(Br)c1)C(=O)CCSc1ccc(C)cc1. The van der Waals surface area contributed by atoms with Crippen LogP contribution in [0.5, 0.6) is 0 Å². The van der Waals surface area contributed by atoms with Crippen molar-refractivity contribution in [1.29, 1.82) is 0 Å². The Balaban J connectivity index is 2.04. The Bertz CT molecular complexity index is 795. The third-order valence-electron chi connectivity index (χ3n) is 4.37. The molecule has 0 aliphatic carbocycles. The first-order valence-electron chi connectivity index (χ1n) is 9.41. The summed E-state index contributed by atoms with van der Waals surface area (Å²) >= 11 is 5.13. The fourth-order valence-electron chi connectivity index (χ4n) is 2.77. The molecule has 0 unspecified atom stereocenters. The minimum absolute atomic E-state index is 0.0154. The van der Waals surface area contributed by atoms with Crippen LogP contribution in [0, 0.1) is 6.92 Å². The van der Waals surface area contributed by atoms with Gasteiger partial charge in [-0.25, -0.2) is 0 Å². The van der Waals surface area contributed by atoms with E-state index in [-0.39, 0.29) is 11.8 Å². The third-order valence-corrected chi connectivity index (χ3v) is 5.87. The van der Waals surface area contributed by atoms with Gasteiger partial charge in [-0.3, -0.25) is 9.59 Å². The van der Waals surface area contributed by atoms with Crippen LogP contribution in [0.15, 0.2) is 57.9 Å². The van der Waals surface area contributed by atoms with Crippen molar-refractivity contribution < 1.29 is 9.59 Å². The lowest BCUT2D eigenvalue weighted by atomic mass is 10.1. The molecule has 4 nitrogen and oxygen atoms in total. The van der Waals surface area contributed by atoms with Crippen LogP contribution in [0.2, 0.25) is 0 Å². The summed E-state index contributed by atoms with van der Waals surface area (Å²) in [6, 6.07) is 15.6. The lowest BCUT2D eigenvalue weighted by Crippen LogP contribution is -2.47. The summed E-state index contributed by atoms with van der Waals surface area (Å²) in [4.78, 5) is 28.1. The number of aryl methyl sites for hydroxylation is 1. The van der Waals surface area contributed by atoms with Crippen LogP contribution in [0.25, 0.3) is 0 Å². The smallest absolute Gasteiger partial charge is 0.242 e. The molecule has 2 amide bonds. The molecule has 1 atom stereocenters. The molecule has 28 heavy (non-hydrogen) atoms. The van der Waals surface area contributed by atoms with Gasteiger partial charge in [0.1, 0.15) is 6.04 Å². The summed E-state index contributed by atoms with van der Waals surface area (Å²) in [5.74, 6) is 0.536. The average Bonchev–Trinajstić information content (AvgIpc) is 2.67. The summed E-state index contributed by atoms with van der Waals surface area (Å²) in [6.45, 7) is 6.68. The van der Waals surface area contributed by atoms with E-state index >= 15 is 0 Å². The summed E-state index contributed by atoms with van der Waals surface area (Å²) in [5.41, 5.74) is 2.21. The highest BCUT2D eigenvalue weighted by molar-refractivity contribution is 9.10. The van der Waals surface area contributed by atoms with Gasteiger partial charge in [-0.1, -0.05) is 45.8 Å². The zero-order valence-electron chi connectivity index (χ0n) is 16.6. The molecule has 0 spiro atoms. The van der Waals surface area contributed by atoms with Gasteiger partial charge in [-0.05, 0) is 50.6 Å². The largest absolute Gasteiger partial charge is 0.355 e. The normalized spacial score (nSPS) is 11.7. The second-order valence-electron chi connectivity index (χ2n) is 6.63. The maximum atomic E-state index is 12.9. The van der Waals surface area contributed by atoms with Crippen molar-refractivity contribution in [2.75, 3.05) is 12.3 Å². The van der Waals surface area contributed by atoms with E-state index in [0.29, 0.717) is 25.3 Å². The highest BCUT2D eigenvalue weighted by Crippen LogP contribution is 2.21. The Hall–Kier alpha value is -1.79. The van der Waals surface area contributed by atoms with E-state index in [9.17, 15) is 9.59 Å². The Morgan fingerprint density at radius 3 is 2.54 bits per heavy atom. The molecule has 0 heterocycles. The lowest BCUT2D eigenvalue weighted by molar-refractivity contribution is -0.140. The molecule has 0 bridgehead atoms. The number of rotatable bonds is 9. The van der Waals surface area contributed by atoms with Gasteiger partial charge in [0, 0.05) is 34.6 Å². The summed E-state index contributed by atoms with van der Waals surface area (Å²) in [5, 5.41) is 2.82. The molecule has 0 aromatic heterocycles. The number of nitrogens with zero attached hydrogens (tertiary/aromatic N) is 1. The van der Waals surface area contributed by atoms with Crippen LogP contribution in [-0.4, -0.2) is 35.1 Å². The number of carbonyl (C=O) groups is 2. The Labute approximate surface area is 180 Å². The predicted octanol–water partition coefficient (Wildman–Crippen LogP) is 4.79. The molecule has 0 saturated carbocycles. The maximum Gasteiger partial charge on any atom is 0.242 e. The molecule has 0 fully saturated rings. The third kappa shape index (κ3) is 6.99. The van der Waals surface area contributed by atoms with Crippen molar-refractivity contribution >= 4 is 39.5 Å². The van der Waals surface area contributed by atoms with Crippen LogP contribution in [-0.2, 0) is 16.1 Å². The van der Waals surface area contributed by atoms with Crippen molar-refractivity contribution in [3.63, 3.8) is 0 Å². The van der Waals surface area contributed by atoms with E-state index in [2.05, 4.69) is 52.4 Å². The fraction of sp³-hybridized carbons (Fsp3) is 0.364. The highest BCUT2D eigenvalue weighted by Gasteiger charge is 2.25. The van der Waals surface area contributed by atoms with Crippen LogP contribution < -0.4 is 5.32 Å². The van der Waals surface area contributed by atoms with Crippen LogP contribution in [0.1, 0.15) is 31.4 Å². The molecule has 0 radical (unpaired) electrons. The predicted molar refractivity (Wildman–Crippen MR) is 119 cm³/mol. The molecular formula is C22H27BrN2O2S. The highest BCUT2D eigenvalue weighted by atomic mass is 79.9. The van der Waals surface area contributed by atoms with Gasteiger partial charge >= 0.3 is 0 Å². The minimum Gasteiger partial charge on any atom is -0.355 e. The number of hydrogen-bond donors (Lipinski definition) is 1. The van der Waals surface area contributed by atoms with Gasteiger partial charge in [0.15, 0.2) is 0 Å². The molecular weight excluding hydrogens is 436 g/mol. The van der Waals surface area contributed by atoms with E-state index in [1.807, 2.05) is 31.2 Å². The Kier molecular flexibility index (Phi) is 9.06. The van der Waals surface area contributed by atoms with Crippen LogP contribution in [0.3, 0.4) is 0 Å². The van der Waals surface area contributed by atoms with Crippen molar-refractivity contribution in [3.05, 3.63) is 64.1 Å². The molecule has 1 N–H and O–H groups in total. The zero-order valence-corrected chi connectivity index (χ0v) is 19.0. The lowest BCUT2D eigenvalue weighted by Gasteiger charge is -2.28. The topological polar surface area (TPSA) is 49.4 Å². The Morgan fingerprint density at radius 1 is 1.18 bits per heavy atom. The van der Waals surface area contributed by atoms with Crippen LogP contribution >= 0.6 is 27.7 Å². The number of halogens is 1. The number of benzene rings is 2. The van der Waals surface area contributed by atoms with E-state index in [4.69, 9.17) is 0 Å². The quantitative estimate of drug-likeness (QED) is 0.544. The van der Waals surface area contributed by atoms with E-state index in [1.165, 1.54) is 5.56 Å². The summed E-state index contributed by atoms with van der Waals surface area (Å²) < 4.78 is 0.956. The van der Waals surface area contributed by atoms with Crippen molar-refractivity contribution in [2.24, 2.45) is 0 Å². The monoisotopic (exact) mass is 462 g/mol. The number of amides is 2. The van der Waals surface area contributed by atoms with Gasteiger partial charge in [0.25, 0.3) is 0 Å². The molecule has 2 aromatic carbocycles. The molecule has 0 saturated heterocycles. The van der Waals surface area contributed by atoms with Crippen molar-refractivity contribution in [3.8, 4) is 0 Å². The van der Waals surface area contributed by atoms with Crippen molar-refractivity contribution in [2.45, 2.75) is 44.7 Å². The first-order chi connectivity index (χ1) is 13.4. The van der Waals surface area contributed by atoms with E-state index in [1.54, 1.807) is 23.6 Å². The molecule has 150 valence electrons. The van der Waals surface area contributed by atoms with Gasteiger partial charge < -0.3 is 10.2 Å². The molecule has 2 aromatic rings. The first kappa shape index (κ1) is 22.5. The van der Waals surface area contributed by atoms with Gasteiger partial charge in [-0.15, -0.1) is 11.8 Å². The number of likely N-dealkylation sites (N-methyl/N-ethyl adjacent to an activating group) is 1. The van der Waals surface area contributed by atoms with Gasteiger partial charge in [0.05, 0.1) is 0 Å². The second-order valence-corrected chi connectivity index (χ2v) is 8.72. The maximum absolute atomic E-state index is 12.9. The van der Waals surface area contributed by atoms with Crippen molar-refractivity contribution in [1.82, 2.24) is 10.2 Å². The van der Waals surface area contributed by atoms with E-state index < -0.39 is 6.04 Å². The Morgan fingerprint density at radius 2 is 1.89 bits per heavy atom. The first-order valence-corrected chi connectivity index (χ1v) is 11.2. The molecule has 0 aliphatic heterocycles. The molecule has 6 heteroatoms. The summed E-state index contributed by atoms with van der Waals surface area (Å²) in [6.07, 6.45) is 0.385. The number of carbonyl (C=O) groups excluding carboxylic acids is 2. The standard InChI is InChI=1S/C22H27BrN2O2S/c1-4-24-22(27)17(3)25(15-18-6-5-7-19(23)14-18)21(26)12-13-28-20-10-8-16(2)9-11-20/h5-11,14,17H,4,12-13,15H2,1-3H3,(H,24,27)/t17-/m0/s1. The molecule has 2 rings (SSSR count). The zero-order chi connectivity index (χ0) is 20.5.